The monoisotopic (exact) mass is 349 g/mol. The van der Waals surface area contributed by atoms with Gasteiger partial charge in [0.1, 0.15) is 5.52 Å². The molecule has 2 heterocycles. The third-order valence-corrected chi connectivity index (χ3v) is 5.05. The number of anilines is 1. The molecule has 1 saturated heterocycles. The second kappa shape index (κ2) is 7.15. The van der Waals surface area contributed by atoms with Crippen molar-refractivity contribution in [3.8, 4) is 0 Å². The Hall–Kier alpha value is -2.89. The number of carbonyl (C=O) groups excluding carboxylic acids is 1. The largest absolute Gasteiger partial charge is 0.368 e. The Morgan fingerprint density at radius 2 is 1.73 bits per heavy atom. The lowest BCUT2D eigenvalue weighted by Crippen LogP contribution is -2.49. The van der Waals surface area contributed by atoms with E-state index >= 15 is 0 Å². The molecule has 1 fully saturated rings. The molecule has 0 aliphatic carbocycles. The number of benzene rings is 2. The van der Waals surface area contributed by atoms with Crippen LogP contribution in [0, 0.1) is 6.92 Å². The first kappa shape index (κ1) is 16.6. The third-order valence-electron chi connectivity index (χ3n) is 5.05. The Balaban J connectivity index is 1.33. The van der Waals surface area contributed by atoms with Gasteiger partial charge in [-0.05, 0) is 30.7 Å². The topological polar surface area (TPSA) is 54.3 Å². The molecule has 0 bridgehead atoms. The lowest BCUT2D eigenvalue weighted by Gasteiger charge is -2.36. The maximum absolute atomic E-state index is 12.6. The van der Waals surface area contributed by atoms with Gasteiger partial charge in [0.25, 0.3) is 0 Å². The van der Waals surface area contributed by atoms with Crippen molar-refractivity contribution in [3.63, 3.8) is 0 Å². The summed E-state index contributed by atoms with van der Waals surface area (Å²) in [6, 6.07) is 16.3. The molecule has 6 heteroatoms. The Labute approximate surface area is 153 Å². The van der Waals surface area contributed by atoms with Gasteiger partial charge in [-0.25, -0.2) is 4.68 Å². The molecule has 26 heavy (non-hydrogen) atoms. The van der Waals surface area contributed by atoms with E-state index in [9.17, 15) is 4.79 Å². The van der Waals surface area contributed by atoms with Crippen LogP contribution in [-0.2, 0) is 11.3 Å². The number of para-hydroxylation sites is 2. The van der Waals surface area contributed by atoms with Crippen LogP contribution in [0.15, 0.2) is 48.5 Å². The summed E-state index contributed by atoms with van der Waals surface area (Å²) in [4.78, 5) is 16.9. The molecule has 1 aromatic heterocycles. The normalized spacial score (nSPS) is 14.8. The van der Waals surface area contributed by atoms with Crippen molar-refractivity contribution in [2.45, 2.75) is 19.9 Å². The van der Waals surface area contributed by atoms with Crippen LogP contribution in [-0.4, -0.2) is 52.0 Å². The summed E-state index contributed by atoms with van der Waals surface area (Å²) in [5.41, 5.74) is 4.40. The molecule has 1 aliphatic heterocycles. The lowest BCUT2D eigenvalue weighted by molar-refractivity contribution is -0.131. The van der Waals surface area contributed by atoms with Gasteiger partial charge in [-0.15, -0.1) is 5.10 Å². The highest BCUT2D eigenvalue weighted by atomic mass is 16.2. The van der Waals surface area contributed by atoms with Crippen LogP contribution in [0.2, 0.25) is 0 Å². The molecule has 4 rings (SSSR count). The molecule has 0 radical (unpaired) electrons. The van der Waals surface area contributed by atoms with Crippen LogP contribution >= 0.6 is 0 Å². The van der Waals surface area contributed by atoms with Crippen LogP contribution in [0.25, 0.3) is 11.0 Å². The Kier molecular flexibility index (Phi) is 4.56. The zero-order chi connectivity index (χ0) is 17.9. The molecule has 0 unspecified atom stereocenters. The van der Waals surface area contributed by atoms with E-state index in [1.807, 2.05) is 33.8 Å². The van der Waals surface area contributed by atoms with Crippen molar-refractivity contribution in [1.82, 2.24) is 19.9 Å². The molecule has 2 aromatic carbocycles. The molecule has 3 aromatic rings. The SMILES string of the molecule is Cc1ccccc1N1CCN(C(=O)CCn2nnc3ccccc32)CC1. The Morgan fingerprint density at radius 3 is 2.54 bits per heavy atom. The van der Waals surface area contributed by atoms with E-state index < -0.39 is 0 Å². The number of rotatable bonds is 4. The third kappa shape index (κ3) is 3.27. The Morgan fingerprint density at radius 1 is 1.00 bits per heavy atom. The van der Waals surface area contributed by atoms with Crippen molar-refractivity contribution in [3.05, 3.63) is 54.1 Å². The van der Waals surface area contributed by atoms with Crippen molar-refractivity contribution >= 4 is 22.6 Å². The van der Waals surface area contributed by atoms with Crippen LogP contribution in [0.4, 0.5) is 5.69 Å². The Bertz CT molecular complexity index is 911. The maximum Gasteiger partial charge on any atom is 0.224 e. The van der Waals surface area contributed by atoms with E-state index in [-0.39, 0.29) is 5.91 Å². The molecule has 0 spiro atoms. The molecule has 0 atom stereocenters. The molecule has 0 N–H and O–H groups in total. The van der Waals surface area contributed by atoms with Gasteiger partial charge in [0.05, 0.1) is 12.1 Å². The van der Waals surface area contributed by atoms with Crippen LogP contribution in [0.5, 0.6) is 0 Å². The predicted octanol–water partition coefficient (Wildman–Crippen LogP) is 2.48. The van der Waals surface area contributed by atoms with Gasteiger partial charge >= 0.3 is 0 Å². The summed E-state index contributed by atoms with van der Waals surface area (Å²) in [6.07, 6.45) is 0.456. The fraction of sp³-hybridized carbons (Fsp3) is 0.350. The minimum absolute atomic E-state index is 0.189. The molecule has 1 aliphatic rings. The standard InChI is InChI=1S/C20H23N5O/c1-16-6-2-4-8-18(16)23-12-14-24(15-13-23)20(26)10-11-25-19-9-5-3-7-17(19)21-22-25/h2-9H,10-15H2,1H3. The molecule has 0 saturated carbocycles. The molecular weight excluding hydrogens is 326 g/mol. The van der Waals surface area contributed by atoms with E-state index in [1.54, 1.807) is 0 Å². The van der Waals surface area contributed by atoms with Crippen LogP contribution in [0.3, 0.4) is 0 Å². The number of fused-ring (bicyclic) bond motifs is 1. The van der Waals surface area contributed by atoms with E-state index in [4.69, 9.17) is 0 Å². The quantitative estimate of drug-likeness (QED) is 0.726. The van der Waals surface area contributed by atoms with E-state index in [0.29, 0.717) is 13.0 Å². The zero-order valence-electron chi connectivity index (χ0n) is 15.0. The van der Waals surface area contributed by atoms with Crippen LogP contribution < -0.4 is 4.90 Å². The van der Waals surface area contributed by atoms with Gasteiger partial charge in [-0.1, -0.05) is 35.5 Å². The number of aromatic nitrogens is 3. The predicted molar refractivity (Wildman–Crippen MR) is 102 cm³/mol. The number of amides is 1. The van der Waals surface area contributed by atoms with Gasteiger partial charge in [-0.3, -0.25) is 4.79 Å². The average Bonchev–Trinajstić information content (AvgIpc) is 3.10. The molecule has 6 nitrogen and oxygen atoms in total. The summed E-state index contributed by atoms with van der Waals surface area (Å²) >= 11 is 0. The minimum atomic E-state index is 0.189. The summed E-state index contributed by atoms with van der Waals surface area (Å²) in [6.45, 7) is 5.99. The first-order valence-corrected chi connectivity index (χ1v) is 9.09. The number of hydrogen-bond acceptors (Lipinski definition) is 4. The highest BCUT2D eigenvalue weighted by Gasteiger charge is 2.22. The fourth-order valence-electron chi connectivity index (χ4n) is 3.56. The second-order valence-corrected chi connectivity index (χ2v) is 6.71. The number of carbonyl (C=O) groups is 1. The minimum Gasteiger partial charge on any atom is -0.368 e. The van der Waals surface area contributed by atoms with Crippen molar-refractivity contribution in [2.75, 3.05) is 31.1 Å². The molecule has 1 amide bonds. The van der Waals surface area contributed by atoms with Gasteiger partial charge < -0.3 is 9.80 Å². The summed E-state index contributed by atoms with van der Waals surface area (Å²) < 4.78 is 1.82. The van der Waals surface area contributed by atoms with Gasteiger partial charge in [0, 0.05) is 38.3 Å². The summed E-state index contributed by atoms with van der Waals surface area (Å²) in [5, 5.41) is 8.30. The highest BCUT2D eigenvalue weighted by Crippen LogP contribution is 2.21. The lowest BCUT2D eigenvalue weighted by atomic mass is 10.1. The van der Waals surface area contributed by atoms with Gasteiger partial charge in [0.2, 0.25) is 5.91 Å². The van der Waals surface area contributed by atoms with Crippen LogP contribution in [0.1, 0.15) is 12.0 Å². The number of nitrogens with zero attached hydrogens (tertiary/aromatic N) is 5. The van der Waals surface area contributed by atoms with E-state index in [2.05, 4.69) is 46.4 Å². The number of piperazine rings is 1. The highest BCUT2D eigenvalue weighted by molar-refractivity contribution is 5.77. The van der Waals surface area contributed by atoms with Crippen molar-refractivity contribution < 1.29 is 4.79 Å². The van der Waals surface area contributed by atoms with Gasteiger partial charge in [0.15, 0.2) is 0 Å². The number of aryl methyl sites for hydroxylation is 2. The van der Waals surface area contributed by atoms with Gasteiger partial charge in [-0.2, -0.15) is 0 Å². The summed E-state index contributed by atoms with van der Waals surface area (Å²) in [5.74, 6) is 0.189. The first-order chi connectivity index (χ1) is 12.7. The fourth-order valence-corrected chi connectivity index (χ4v) is 3.56. The summed E-state index contributed by atoms with van der Waals surface area (Å²) in [7, 11) is 0. The number of hydrogen-bond donors (Lipinski definition) is 0. The zero-order valence-corrected chi connectivity index (χ0v) is 15.0. The molecular formula is C20H23N5O. The second-order valence-electron chi connectivity index (χ2n) is 6.71. The smallest absolute Gasteiger partial charge is 0.224 e. The molecule has 134 valence electrons. The van der Waals surface area contributed by atoms with Crippen molar-refractivity contribution in [1.29, 1.82) is 0 Å². The van der Waals surface area contributed by atoms with Crippen molar-refractivity contribution in [2.24, 2.45) is 0 Å². The maximum atomic E-state index is 12.6. The average molecular weight is 349 g/mol. The van der Waals surface area contributed by atoms with E-state index in [0.717, 1.165) is 37.2 Å². The van der Waals surface area contributed by atoms with E-state index in [1.165, 1.54) is 11.3 Å². The first-order valence-electron chi connectivity index (χ1n) is 9.09.